The summed E-state index contributed by atoms with van der Waals surface area (Å²) in [7, 11) is 0. The highest BCUT2D eigenvalue weighted by molar-refractivity contribution is 6.11. The van der Waals surface area contributed by atoms with Gasteiger partial charge in [-0.05, 0) is 77.7 Å². The van der Waals surface area contributed by atoms with E-state index in [0.29, 0.717) is 0 Å². The standard InChI is InChI=1S/C15H10O7.C10H12O3.C8H6O4/c16-8-3-1-7(2-4-8)11-9(13(17)18)5-6-10(14(19)20)12(11)15(21)22;1-7(6-10(12)13)8-2-4-9(11)5-3-8;9-7(10)5-1-2-6(4-3-5)8(11)12/h1-6,16H,(H,17,18)(H,19,20)(H,21,22);2-5,7,11H,6H2,1H3,(H,12,13);1-4H,(H,9,10)(H,11,12). The molecule has 14 heteroatoms. The molecule has 0 heterocycles. The van der Waals surface area contributed by atoms with Crippen LogP contribution in [0, 0.1) is 0 Å². The third-order valence-electron chi connectivity index (χ3n) is 6.36. The van der Waals surface area contributed by atoms with E-state index in [9.17, 15) is 44.1 Å². The molecule has 0 aliphatic carbocycles. The largest absolute Gasteiger partial charge is 0.508 e. The van der Waals surface area contributed by atoms with E-state index in [1.807, 2.05) is 6.92 Å². The first kappa shape index (κ1) is 36.5. The number of aromatic carboxylic acids is 5. The zero-order valence-electron chi connectivity index (χ0n) is 24.4. The Morgan fingerprint density at radius 1 is 0.511 bits per heavy atom. The SMILES string of the molecule is CC(CC(=O)O)c1ccc(O)cc1.O=C(O)c1ccc(C(=O)O)c(-c2ccc(O)cc2)c1C(=O)O.O=C(O)c1ccc(C(=O)O)cc1. The molecule has 47 heavy (non-hydrogen) atoms. The van der Waals surface area contributed by atoms with Gasteiger partial charge >= 0.3 is 35.8 Å². The highest BCUT2D eigenvalue weighted by Crippen LogP contribution is 2.32. The summed E-state index contributed by atoms with van der Waals surface area (Å²) >= 11 is 0. The highest BCUT2D eigenvalue weighted by atomic mass is 16.4. The predicted octanol–water partition coefficient (Wildman–Crippen LogP) is 5.21. The molecule has 0 radical (unpaired) electrons. The number of phenols is 2. The average Bonchev–Trinajstić information content (AvgIpc) is 3.01. The van der Waals surface area contributed by atoms with Gasteiger partial charge in [0.25, 0.3) is 0 Å². The first-order valence-electron chi connectivity index (χ1n) is 13.3. The van der Waals surface area contributed by atoms with Crippen LogP contribution in [0.1, 0.15) is 76.6 Å². The van der Waals surface area contributed by atoms with Crippen molar-refractivity contribution >= 4 is 35.8 Å². The van der Waals surface area contributed by atoms with Gasteiger partial charge in [-0.3, -0.25) is 4.79 Å². The van der Waals surface area contributed by atoms with Gasteiger partial charge in [-0.2, -0.15) is 0 Å². The smallest absolute Gasteiger partial charge is 0.337 e. The number of carboxylic acids is 6. The van der Waals surface area contributed by atoms with Crippen LogP contribution in [0.4, 0.5) is 0 Å². The van der Waals surface area contributed by atoms with Gasteiger partial charge in [-0.15, -0.1) is 0 Å². The van der Waals surface area contributed by atoms with Crippen molar-refractivity contribution in [2.75, 3.05) is 0 Å². The first-order chi connectivity index (χ1) is 22.0. The quantitative estimate of drug-likeness (QED) is 0.116. The number of carboxylic acid groups (broad SMARTS) is 6. The molecule has 0 spiro atoms. The van der Waals surface area contributed by atoms with Crippen LogP contribution in [0.2, 0.25) is 0 Å². The molecule has 1 atom stereocenters. The molecule has 8 N–H and O–H groups in total. The lowest BCUT2D eigenvalue weighted by molar-refractivity contribution is -0.137. The van der Waals surface area contributed by atoms with Gasteiger partial charge < -0.3 is 40.9 Å². The lowest BCUT2D eigenvalue weighted by atomic mass is 9.90. The predicted molar refractivity (Wildman–Crippen MR) is 164 cm³/mol. The fourth-order valence-electron chi connectivity index (χ4n) is 4.05. The van der Waals surface area contributed by atoms with Crippen molar-refractivity contribution in [3.05, 3.63) is 118 Å². The summed E-state index contributed by atoms with van der Waals surface area (Å²) in [6.45, 7) is 1.85. The Hall–Kier alpha value is -6.70. The molecule has 0 aliphatic rings. The molecule has 4 rings (SSSR count). The van der Waals surface area contributed by atoms with Crippen molar-refractivity contribution in [3.8, 4) is 22.6 Å². The summed E-state index contributed by atoms with van der Waals surface area (Å²) in [5, 5.41) is 71.4. The number of hydrogen-bond acceptors (Lipinski definition) is 8. The third-order valence-corrected chi connectivity index (χ3v) is 6.36. The summed E-state index contributed by atoms with van der Waals surface area (Å²) in [4.78, 5) is 65.0. The fraction of sp³-hybridized carbons (Fsp3) is 0.0909. The minimum absolute atomic E-state index is 0.0156. The van der Waals surface area contributed by atoms with Crippen LogP contribution in [0.5, 0.6) is 11.5 Å². The van der Waals surface area contributed by atoms with Crippen LogP contribution in [0.25, 0.3) is 11.1 Å². The molecule has 0 amide bonds. The normalized spacial score (nSPS) is 10.6. The van der Waals surface area contributed by atoms with Crippen LogP contribution >= 0.6 is 0 Å². The van der Waals surface area contributed by atoms with Gasteiger partial charge in [-0.1, -0.05) is 31.2 Å². The number of rotatable bonds is 9. The highest BCUT2D eigenvalue weighted by Gasteiger charge is 2.26. The van der Waals surface area contributed by atoms with E-state index in [2.05, 4.69) is 0 Å². The molecule has 0 bridgehead atoms. The Balaban J connectivity index is 0.000000263. The topological polar surface area (TPSA) is 264 Å². The molecule has 14 nitrogen and oxygen atoms in total. The summed E-state index contributed by atoms with van der Waals surface area (Å²) in [6, 6.07) is 18.7. The molecule has 4 aromatic rings. The zero-order chi connectivity index (χ0) is 35.4. The number of aliphatic carboxylic acids is 1. The maximum absolute atomic E-state index is 11.5. The number of carbonyl (C=O) groups is 6. The minimum atomic E-state index is -1.55. The monoisotopic (exact) mass is 648 g/mol. The second-order valence-corrected chi connectivity index (χ2v) is 9.65. The molecule has 0 aliphatic heterocycles. The number of benzene rings is 4. The van der Waals surface area contributed by atoms with E-state index in [1.165, 1.54) is 48.5 Å². The van der Waals surface area contributed by atoms with Gasteiger partial charge in [0.1, 0.15) is 11.5 Å². The zero-order valence-corrected chi connectivity index (χ0v) is 24.4. The Morgan fingerprint density at radius 2 is 0.915 bits per heavy atom. The minimum Gasteiger partial charge on any atom is -0.508 e. The van der Waals surface area contributed by atoms with Crippen LogP contribution in [0.3, 0.4) is 0 Å². The third kappa shape index (κ3) is 10.5. The number of phenolic OH excluding ortho intramolecular Hbond substituents is 2. The van der Waals surface area contributed by atoms with E-state index < -0.39 is 46.9 Å². The van der Waals surface area contributed by atoms with Crippen molar-refractivity contribution < 1.29 is 69.6 Å². The van der Waals surface area contributed by atoms with Crippen LogP contribution in [-0.4, -0.2) is 76.7 Å². The summed E-state index contributed by atoms with van der Waals surface area (Å²) in [6.07, 6.45) is 0.116. The van der Waals surface area contributed by atoms with Crippen molar-refractivity contribution in [2.45, 2.75) is 19.3 Å². The lowest BCUT2D eigenvalue weighted by Gasteiger charge is -2.13. The van der Waals surface area contributed by atoms with E-state index in [1.54, 1.807) is 24.3 Å². The fourth-order valence-corrected chi connectivity index (χ4v) is 4.05. The van der Waals surface area contributed by atoms with Crippen molar-refractivity contribution in [2.24, 2.45) is 0 Å². The molecule has 244 valence electrons. The molecule has 0 saturated carbocycles. The number of hydrogen-bond donors (Lipinski definition) is 8. The van der Waals surface area contributed by atoms with Gasteiger partial charge in [-0.25, -0.2) is 24.0 Å². The van der Waals surface area contributed by atoms with E-state index >= 15 is 0 Å². The van der Waals surface area contributed by atoms with Gasteiger partial charge in [0.15, 0.2) is 0 Å². The maximum Gasteiger partial charge on any atom is 0.337 e. The lowest BCUT2D eigenvalue weighted by Crippen LogP contribution is -2.13. The second-order valence-electron chi connectivity index (χ2n) is 9.65. The van der Waals surface area contributed by atoms with Crippen molar-refractivity contribution in [1.29, 1.82) is 0 Å². The second kappa shape index (κ2) is 16.4. The van der Waals surface area contributed by atoms with Crippen LogP contribution in [0.15, 0.2) is 84.9 Å². The van der Waals surface area contributed by atoms with Gasteiger partial charge in [0.2, 0.25) is 0 Å². The van der Waals surface area contributed by atoms with E-state index in [0.717, 1.165) is 17.7 Å². The summed E-state index contributed by atoms with van der Waals surface area (Å²) in [5.74, 6) is -7.25. The number of aromatic hydroxyl groups is 2. The Labute approximate surface area is 265 Å². The van der Waals surface area contributed by atoms with Crippen LogP contribution < -0.4 is 0 Å². The maximum atomic E-state index is 11.5. The molecule has 0 aromatic heterocycles. The van der Waals surface area contributed by atoms with Crippen LogP contribution in [-0.2, 0) is 4.79 Å². The molecule has 1 unspecified atom stereocenters. The summed E-state index contributed by atoms with van der Waals surface area (Å²) < 4.78 is 0. The Bertz CT molecular complexity index is 1740. The first-order valence-corrected chi connectivity index (χ1v) is 13.3. The molecular weight excluding hydrogens is 620 g/mol. The molecule has 0 fully saturated rings. The Morgan fingerprint density at radius 3 is 1.28 bits per heavy atom. The molecular formula is C33H28O14. The van der Waals surface area contributed by atoms with Gasteiger partial charge in [0, 0.05) is 5.56 Å². The van der Waals surface area contributed by atoms with E-state index in [-0.39, 0.29) is 51.7 Å². The average molecular weight is 649 g/mol. The van der Waals surface area contributed by atoms with Gasteiger partial charge in [0.05, 0.1) is 34.2 Å². The summed E-state index contributed by atoms with van der Waals surface area (Å²) in [5.41, 5.74) is -0.414. The van der Waals surface area contributed by atoms with E-state index in [4.69, 9.17) is 25.5 Å². The molecule has 0 saturated heterocycles. The van der Waals surface area contributed by atoms with Crippen molar-refractivity contribution in [3.63, 3.8) is 0 Å². The van der Waals surface area contributed by atoms with Crippen molar-refractivity contribution in [1.82, 2.24) is 0 Å². The molecule has 4 aromatic carbocycles. The Kier molecular flexibility index (Phi) is 12.7.